The predicted molar refractivity (Wildman–Crippen MR) is 51.2 cm³/mol. The minimum Gasteiger partial charge on any atom is -0.383 e. The second kappa shape index (κ2) is 4.61. The summed E-state index contributed by atoms with van der Waals surface area (Å²) in [6.45, 7) is 3.80. The van der Waals surface area contributed by atoms with E-state index in [2.05, 4.69) is 5.32 Å². The van der Waals surface area contributed by atoms with Crippen molar-refractivity contribution < 1.29 is 9.90 Å². The van der Waals surface area contributed by atoms with Gasteiger partial charge < -0.3 is 10.4 Å². The maximum atomic E-state index is 11.4. The van der Waals surface area contributed by atoms with Crippen LogP contribution in [0.2, 0.25) is 0 Å². The molecule has 0 aliphatic heterocycles. The zero-order chi connectivity index (χ0) is 9.84. The number of amides is 1. The Kier molecular flexibility index (Phi) is 3.72. The molecule has 1 unspecified atom stereocenters. The van der Waals surface area contributed by atoms with E-state index in [-0.39, 0.29) is 17.9 Å². The molecule has 0 aromatic carbocycles. The molecule has 0 radical (unpaired) electrons. The summed E-state index contributed by atoms with van der Waals surface area (Å²) in [7, 11) is 0. The third kappa shape index (κ3) is 2.99. The van der Waals surface area contributed by atoms with Crippen LogP contribution >= 0.6 is 0 Å². The van der Waals surface area contributed by atoms with E-state index in [0.29, 0.717) is 0 Å². The zero-order valence-corrected chi connectivity index (χ0v) is 8.42. The molecule has 0 aromatic heterocycles. The number of carbonyl (C=O) groups is 1. The molecule has 1 atom stereocenters. The van der Waals surface area contributed by atoms with E-state index >= 15 is 0 Å². The number of hydrogen-bond donors (Lipinski definition) is 2. The molecule has 0 heterocycles. The second-order valence-corrected chi connectivity index (χ2v) is 4.15. The van der Waals surface area contributed by atoms with Crippen LogP contribution in [0.5, 0.6) is 0 Å². The van der Waals surface area contributed by atoms with Crippen molar-refractivity contribution in [3.05, 3.63) is 0 Å². The van der Waals surface area contributed by atoms with E-state index in [9.17, 15) is 9.90 Å². The summed E-state index contributed by atoms with van der Waals surface area (Å²) in [6.07, 6.45) is 3.50. The Bertz CT molecular complexity index is 174. The van der Waals surface area contributed by atoms with Gasteiger partial charge in [0.15, 0.2) is 0 Å². The summed E-state index contributed by atoms with van der Waals surface area (Å²) >= 11 is 0. The van der Waals surface area contributed by atoms with Gasteiger partial charge in [0, 0.05) is 6.04 Å². The highest BCUT2D eigenvalue weighted by Crippen LogP contribution is 2.27. The quantitative estimate of drug-likeness (QED) is 0.690. The van der Waals surface area contributed by atoms with Gasteiger partial charge in [-0.3, -0.25) is 4.79 Å². The van der Waals surface area contributed by atoms with Gasteiger partial charge in [0.1, 0.15) is 6.10 Å². The largest absolute Gasteiger partial charge is 0.383 e. The number of carbonyl (C=O) groups excluding carboxylic acids is 1. The van der Waals surface area contributed by atoms with Crippen LogP contribution in [0.25, 0.3) is 0 Å². The van der Waals surface area contributed by atoms with Gasteiger partial charge in [-0.2, -0.15) is 0 Å². The van der Waals surface area contributed by atoms with Crippen LogP contribution in [0.1, 0.15) is 39.5 Å². The fourth-order valence-corrected chi connectivity index (χ4v) is 1.86. The van der Waals surface area contributed by atoms with Crippen molar-refractivity contribution in [3.8, 4) is 0 Å². The van der Waals surface area contributed by atoms with E-state index in [1.165, 1.54) is 0 Å². The number of aliphatic hydroxyl groups excluding tert-OH is 1. The van der Waals surface area contributed by atoms with Crippen LogP contribution in [-0.4, -0.2) is 23.2 Å². The lowest BCUT2D eigenvalue weighted by Crippen LogP contribution is -2.41. The molecule has 1 fully saturated rings. The topological polar surface area (TPSA) is 49.3 Å². The van der Waals surface area contributed by atoms with Crippen LogP contribution < -0.4 is 5.32 Å². The molecule has 76 valence electrons. The number of hydrogen-bond acceptors (Lipinski definition) is 2. The average Bonchev–Trinajstić information content (AvgIpc) is 2.53. The van der Waals surface area contributed by atoms with Crippen LogP contribution in [-0.2, 0) is 4.79 Å². The zero-order valence-electron chi connectivity index (χ0n) is 8.42. The molecule has 0 spiro atoms. The third-order valence-electron chi connectivity index (χ3n) is 2.55. The lowest BCUT2D eigenvalue weighted by Gasteiger charge is -2.18. The Morgan fingerprint density at radius 2 is 1.92 bits per heavy atom. The van der Waals surface area contributed by atoms with E-state index < -0.39 is 6.10 Å². The minimum atomic E-state index is -0.787. The predicted octanol–water partition coefficient (Wildman–Crippen LogP) is 1.06. The van der Waals surface area contributed by atoms with E-state index in [0.717, 1.165) is 25.7 Å². The van der Waals surface area contributed by atoms with Crippen molar-refractivity contribution in [2.75, 3.05) is 0 Å². The molecule has 2 N–H and O–H groups in total. The molecule has 3 nitrogen and oxygen atoms in total. The van der Waals surface area contributed by atoms with Gasteiger partial charge in [-0.15, -0.1) is 0 Å². The molecule has 0 aromatic rings. The Labute approximate surface area is 79.5 Å². The second-order valence-electron chi connectivity index (χ2n) is 4.15. The third-order valence-corrected chi connectivity index (χ3v) is 2.55. The SMILES string of the molecule is CC(C)NC(=O)C(O)C1CCCC1. The molecule has 1 aliphatic rings. The standard InChI is InChI=1S/C10H19NO2/c1-7(2)11-10(13)9(12)8-5-3-4-6-8/h7-9,12H,3-6H2,1-2H3,(H,11,13). The van der Waals surface area contributed by atoms with Gasteiger partial charge in [0.05, 0.1) is 0 Å². The lowest BCUT2D eigenvalue weighted by atomic mass is 10.0. The molecule has 13 heavy (non-hydrogen) atoms. The van der Waals surface area contributed by atoms with E-state index in [4.69, 9.17) is 0 Å². The van der Waals surface area contributed by atoms with Gasteiger partial charge in [-0.05, 0) is 32.6 Å². The van der Waals surface area contributed by atoms with Crippen molar-refractivity contribution in [1.82, 2.24) is 5.32 Å². The van der Waals surface area contributed by atoms with Gasteiger partial charge in [-0.1, -0.05) is 12.8 Å². The monoisotopic (exact) mass is 185 g/mol. The fraction of sp³-hybridized carbons (Fsp3) is 0.900. The van der Waals surface area contributed by atoms with E-state index in [1.54, 1.807) is 0 Å². The lowest BCUT2D eigenvalue weighted by molar-refractivity contribution is -0.132. The van der Waals surface area contributed by atoms with Crippen LogP contribution in [0.15, 0.2) is 0 Å². The highest BCUT2D eigenvalue weighted by molar-refractivity contribution is 5.81. The van der Waals surface area contributed by atoms with Gasteiger partial charge in [-0.25, -0.2) is 0 Å². The average molecular weight is 185 g/mol. The molecule has 3 heteroatoms. The number of rotatable bonds is 3. The summed E-state index contributed by atoms with van der Waals surface area (Å²) in [5, 5.41) is 12.4. The number of nitrogens with one attached hydrogen (secondary N) is 1. The molecule has 0 bridgehead atoms. The van der Waals surface area contributed by atoms with Crippen molar-refractivity contribution in [3.63, 3.8) is 0 Å². The first-order valence-corrected chi connectivity index (χ1v) is 5.09. The Balaban J connectivity index is 2.36. The van der Waals surface area contributed by atoms with Gasteiger partial charge in [0.25, 0.3) is 0 Å². The molecule has 0 saturated heterocycles. The summed E-state index contributed by atoms with van der Waals surface area (Å²) in [5.74, 6) is -0.0133. The minimum absolute atomic E-state index is 0.114. The Morgan fingerprint density at radius 1 is 1.38 bits per heavy atom. The molecular weight excluding hydrogens is 166 g/mol. The van der Waals surface area contributed by atoms with E-state index in [1.807, 2.05) is 13.8 Å². The maximum absolute atomic E-state index is 11.4. The van der Waals surface area contributed by atoms with Crippen molar-refractivity contribution in [2.24, 2.45) is 5.92 Å². The van der Waals surface area contributed by atoms with Crippen LogP contribution in [0.3, 0.4) is 0 Å². The number of aliphatic hydroxyl groups is 1. The summed E-state index contributed by atoms with van der Waals surface area (Å²) in [4.78, 5) is 11.4. The molecular formula is C10H19NO2. The summed E-state index contributed by atoms with van der Waals surface area (Å²) < 4.78 is 0. The maximum Gasteiger partial charge on any atom is 0.249 e. The van der Waals surface area contributed by atoms with Crippen LogP contribution in [0.4, 0.5) is 0 Å². The first-order chi connectivity index (χ1) is 6.11. The summed E-state index contributed by atoms with van der Waals surface area (Å²) in [5.41, 5.74) is 0. The molecule has 1 amide bonds. The van der Waals surface area contributed by atoms with Gasteiger partial charge in [0.2, 0.25) is 5.91 Å². The molecule has 1 aliphatic carbocycles. The molecule has 1 rings (SSSR count). The van der Waals surface area contributed by atoms with Gasteiger partial charge >= 0.3 is 0 Å². The van der Waals surface area contributed by atoms with Crippen molar-refractivity contribution >= 4 is 5.91 Å². The fourth-order valence-electron chi connectivity index (χ4n) is 1.86. The Hall–Kier alpha value is -0.570. The normalized spacial score (nSPS) is 20.6. The van der Waals surface area contributed by atoms with Crippen molar-refractivity contribution in [2.45, 2.75) is 51.7 Å². The smallest absolute Gasteiger partial charge is 0.249 e. The molecule has 1 saturated carbocycles. The first kappa shape index (κ1) is 10.5. The summed E-state index contributed by atoms with van der Waals surface area (Å²) in [6, 6.07) is 0.114. The van der Waals surface area contributed by atoms with Crippen LogP contribution in [0, 0.1) is 5.92 Å². The first-order valence-electron chi connectivity index (χ1n) is 5.09. The Morgan fingerprint density at radius 3 is 2.38 bits per heavy atom. The highest BCUT2D eigenvalue weighted by Gasteiger charge is 2.28. The van der Waals surface area contributed by atoms with Crippen molar-refractivity contribution in [1.29, 1.82) is 0 Å². The highest BCUT2D eigenvalue weighted by atomic mass is 16.3.